The zero-order valence-corrected chi connectivity index (χ0v) is 13.0. The quantitative estimate of drug-likeness (QED) is 0.793. The minimum absolute atomic E-state index is 0.107. The Hall–Kier alpha value is -1.75. The topological polar surface area (TPSA) is 66.4 Å². The van der Waals surface area contributed by atoms with Crippen LogP contribution in [-0.2, 0) is 4.79 Å². The third-order valence-corrected chi connectivity index (χ3v) is 5.01. The average Bonchev–Trinajstić information content (AvgIpc) is 3.22. The maximum Gasteiger partial charge on any atom is 0.328 e. The summed E-state index contributed by atoms with van der Waals surface area (Å²) in [5, 5.41) is 11.6. The molecule has 5 heteroatoms. The van der Waals surface area contributed by atoms with Gasteiger partial charge in [-0.05, 0) is 55.4 Å². The molecule has 0 atom stereocenters. The van der Waals surface area contributed by atoms with E-state index in [2.05, 4.69) is 11.6 Å². The van der Waals surface area contributed by atoms with E-state index in [1.54, 1.807) is 17.8 Å². The highest BCUT2D eigenvalue weighted by Gasteiger charge is 2.41. The zero-order valence-electron chi connectivity index (χ0n) is 12.2. The van der Waals surface area contributed by atoms with Gasteiger partial charge in [0.05, 0.1) is 0 Å². The molecule has 1 saturated carbocycles. The molecule has 1 aliphatic rings. The van der Waals surface area contributed by atoms with E-state index < -0.39 is 5.97 Å². The van der Waals surface area contributed by atoms with Crippen molar-refractivity contribution in [1.29, 1.82) is 0 Å². The molecule has 1 aromatic carbocycles. The minimum Gasteiger partial charge on any atom is -0.478 e. The maximum absolute atomic E-state index is 12.2. The predicted molar refractivity (Wildman–Crippen MR) is 85.7 cm³/mol. The highest BCUT2D eigenvalue weighted by molar-refractivity contribution is 8.00. The van der Waals surface area contributed by atoms with Gasteiger partial charge >= 0.3 is 5.97 Å². The molecule has 2 rings (SSSR count). The van der Waals surface area contributed by atoms with Crippen LogP contribution < -0.4 is 5.32 Å². The Morgan fingerprint density at radius 2 is 2.10 bits per heavy atom. The number of nitrogens with one attached hydrogen (secondary N) is 1. The summed E-state index contributed by atoms with van der Waals surface area (Å²) >= 11 is 1.80. The number of carbonyl (C=O) groups is 2. The van der Waals surface area contributed by atoms with E-state index >= 15 is 0 Å². The maximum atomic E-state index is 12.2. The van der Waals surface area contributed by atoms with Gasteiger partial charge in [0.15, 0.2) is 0 Å². The SMILES string of the molecule is CSC1(CNC(=O)c2cc(C)cc(/C=C/C(=O)O)c2)CC1. The van der Waals surface area contributed by atoms with Crippen molar-refractivity contribution >= 4 is 29.7 Å². The molecule has 21 heavy (non-hydrogen) atoms. The number of aliphatic carboxylic acids is 1. The van der Waals surface area contributed by atoms with Crippen molar-refractivity contribution in [2.24, 2.45) is 0 Å². The second kappa shape index (κ2) is 6.35. The largest absolute Gasteiger partial charge is 0.478 e. The lowest BCUT2D eigenvalue weighted by molar-refractivity contribution is -0.131. The average molecular weight is 305 g/mol. The van der Waals surface area contributed by atoms with Crippen molar-refractivity contribution in [2.75, 3.05) is 12.8 Å². The summed E-state index contributed by atoms with van der Waals surface area (Å²) in [6, 6.07) is 5.37. The first-order valence-electron chi connectivity index (χ1n) is 6.80. The number of hydrogen-bond donors (Lipinski definition) is 2. The lowest BCUT2D eigenvalue weighted by Crippen LogP contribution is -2.31. The van der Waals surface area contributed by atoms with E-state index in [1.807, 2.05) is 19.1 Å². The fourth-order valence-electron chi connectivity index (χ4n) is 2.14. The summed E-state index contributed by atoms with van der Waals surface area (Å²) in [4.78, 5) is 22.8. The van der Waals surface area contributed by atoms with Crippen LogP contribution in [0.1, 0.15) is 34.3 Å². The Morgan fingerprint density at radius 1 is 1.38 bits per heavy atom. The molecule has 1 amide bonds. The third kappa shape index (κ3) is 4.36. The van der Waals surface area contributed by atoms with Gasteiger partial charge in [-0.1, -0.05) is 6.07 Å². The molecule has 1 aromatic rings. The van der Waals surface area contributed by atoms with Crippen molar-refractivity contribution in [2.45, 2.75) is 24.5 Å². The smallest absolute Gasteiger partial charge is 0.328 e. The van der Waals surface area contributed by atoms with E-state index in [4.69, 9.17) is 5.11 Å². The predicted octanol–water partition coefficient (Wildman–Crippen LogP) is 2.72. The summed E-state index contributed by atoms with van der Waals surface area (Å²) in [6.45, 7) is 2.57. The first-order valence-corrected chi connectivity index (χ1v) is 8.03. The number of hydrogen-bond acceptors (Lipinski definition) is 3. The van der Waals surface area contributed by atoms with Gasteiger partial charge in [-0.2, -0.15) is 11.8 Å². The van der Waals surface area contributed by atoms with Crippen LogP contribution in [0, 0.1) is 6.92 Å². The number of carboxylic acids is 1. The van der Waals surface area contributed by atoms with Gasteiger partial charge in [0.1, 0.15) is 0 Å². The first-order chi connectivity index (χ1) is 9.94. The molecule has 0 saturated heterocycles. The van der Waals surface area contributed by atoms with Crippen LogP contribution in [0.25, 0.3) is 6.08 Å². The molecule has 0 radical (unpaired) electrons. The fourth-order valence-corrected chi connectivity index (χ4v) is 2.87. The highest BCUT2D eigenvalue weighted by Crippen LogP contribution is 2.46. The summed E-state index contributed by atoms with van der Waals surface area (Å²) in [6.07, 6.45) is 6.93. The van der Waals surface area contributed by atoms with Crippen molar-refractivity contribution in [3.05, 3.63) is 41.0 Å². The monoisotopic (exact) mass is 305 g/mol. The van der Waals surface area contributed by atoms with Gasteiger partial charge in [-0.3, -0.25) is 4.79 Å². The van der Waals surface area contributed by atoms with Gasteiger partial charge in [0.25, 0.3) is 5.91 Å². The second-order valence-electron chi connectivity index (χ2n) is 5.37. The van der Waals surface area contributed by atoms with Gasteiger partial charge in [-0.15, -0.1) is 0 Å². The number of aryl methyl sites for hydroxylation is 1. The molecule has 112 valence electrons. The van der Waals surface area contributed by atoms with E-state index in [1.165, 1.54) is 6.08 Å². The van der Waals surface area contributed by atoms with Gasteiger partial charge < -0.3 is 10.4 Å². The van der Waals surface area contributed by atoms with Crippen LogP contribution in [0.4, 0.5) is 0 Å². The summed E-state index contributed by atoms with van der Waals surface area (Å²) in [5.41, 5.74) is 2.21. The van der Waals surface area contributed by atoms with Gasteiger partial charge in [0.2, 0.25) is 0 Å². The van der Waals surface area contributed by atoms with Crippen LogP contribution in [0.5, 0.6) is 0 Å². The lowest BCUT2D eigenvalue weighted by Gasteiger charge is -2.13. The molecule has 0 heterocycles. The molecule has 0 spiro atoms. The number of carbonyl (C=O) groups excluding carboxylic acids is 1. The van der Waals surface area contributed by atoms with E-state index in [0.717, 1.165) is 24.5 Å². The van der Waals surface area contributed by atoms with Crippen molar-refractivity contribution in [3.63, 3.8) is 0 Å². The van der Waals surface area contributed by atoms with Crippen molar-refractivity contribution < 1.29 is 14.7 Å². The molecule has 0 bridgehead atoms. The number of amides is 1. The molecule has 4 nitrogen and oxygen atoms in total. The Kier molecular flexibility index (Phi) is 4.73. The lowest BCUT2D eigenvalue weighted by atomic mass is 10.1. The van der Waals surface area contributed by atoms with Crippen molar-refractivity contribution in [1.82, 2.24) is 5.32 Å². The summed E-state index contributed by atoms with van der Waals surface area (Å²) < 4.78 is 0.228. The molecule has 0 aromatic heterocycles. The van der Waals surface area contributed by atoms with Crippen LogP contribution >= 0.6 is 11.8 Å². The van der Waals surface area contributed by atoms with Crippen LogP contribution in [0.15, 0.2) is 24.3 Å². The molecule has 2 N–H and O–H groups in total. The Morgan fingerprint density at radius 3 is 2.67 bits per heavy atom. The van der Waals surface area contributed by atoms with Crippen LogP contribution in [0.2, 0.25) is 0 Å². The number of carboxylic acid groups (broad SMARTS) is 1. The molecular weight excluding hydrogens is 286 g/mol. The Labute approximate surface area is 128 Å². The van der Waals surface area contributed by atoms with Crippen LogP contribution in [0.3, 0.4) is 0 Å². The first kappa shape index (κ1) is 15.6. The fraction of sp³-hybridized carbons (Fsp3) is 0.375. The number of thioether (sulfide) groups is 1. The number of rotatable bonds is 6. The van der Waals surface area contributed by atoms with E-state index in [-0.39, 0.29) is 10.7 Å². The Balaban J connectivity index is 2.07. The molecule has 1 aliphatic carbocycles. The van der Waals surface area contributed by atoms with Crippen molar-refractivity contribution in [3.8, 4) is 0 Å². The minimum atomic E-state index is -1.00. The Bertz CT molecular complexity index is 591. The standard InChI is InChI=1S/C16H19NO3S/c1-11-7-12(3-4-14(18)19)9-13(8-11)15(20)17-10-16(21-2)5-6-16/h3-4,7-9H,5-6,10H2,1-2H3,(H,17,20)(H,18,19)/b4-3+. The number of benzene rings is 1. The normalized spacial score (nSPS) is 15.9. The third-order valence-electron chi connectivity index (χ3n) is 3.59. The zero-order chi connectivity index (χ0) is 15.5. The van der Waals surface area contributed by atoms with E-state index in [9.17, 15) is 9.59 Å². The molecule has 0 unspecified atom stereocenters. The molecule has 0 aliphatic heterocycles. The highest BCUT2D eigenvalue weighted by atomic mass is 32.2. The van der Waals surface area contributed by atoms with Gasteiger partial charge in [-0.25, -0.2) is 4.79 Å². The summed E-state index contributed by atoms with van der Waals surface area (Å²) in [7, 11) is 0. The van der Waals surface area contributed by atoms with Gasteiger partial charge in [0, 0.05) is 22.9 Å². The molecule has 1 fully saturated rings. The summed E-state index contributed by atoms with van der Waals surface area (Å²) in [5.74, 6) is -1.11. The van der Waals surface area contributed by atoms with E-state index in [0.29, 0.717) is 17.7 Å². The van der Waals surface area contributed by atoms with Crippen LogP contribution in [-0.4, -0.2) is 34.5 Å². The molecular formula is C16H19NO3S. The second-order valence-corrected chi connectivity index (χ2v) is 6.65.